The van der Waals surface area contributed by atoms with Gasteiger partial charge in [0, 0.05) is 26.8 Å². The number of rotatable bonds is 4. The van der Waals surface area contributed by atoms with Gasteiger partial charge in [0.25, 0.3) is 0 Å². The van der Waals surface area contributed by atoms with Crippen molar-refractivity contribution in [2.24, 2.45) is 0 Å². The molecule has 0 fully saturated rings. The van der Waals surface area contributed by atoms with E-state index in [1.807, 2.05) is 11.3 Å². The summed E-state index contributed by atoms with van der Waals surface area (Å²) < 4.78 is 1.14. The average molecular weight is 324 g/mol. The Morgan fingerprint density at radius 3 is 2.67 bits per heavy atom. The van der Waals surface area contributed by atoms with Gasteiger partial charge in [0.1, 0.15) is 0 Å². The zero-order valence-electron chi connectivity index (χ0n) is 11.0. The van der Waals surface area contributed by atoms with E-state index in [0.717, 1.165) is 11.0 Å². The van der Waals surface area contributed by atoms with Crippen LogP contribution in [0, 0.1) is 13.8 Å². The minimum Gasteiger partial charge on any atom is -0.306 e. The molecular weight excluding hydrogens is 306 g/mol. The Morgan fingerprint density at radius 1 is 1.28 bits per heavy atom. The first-order chi connectivity index (χ1) is 8.56. The van der Waals surface area contributed by atoms with Crippen LogP contribution >= 0.6 is 27.3 Å². The molecule has 18 heavy (non-hydrogen) atoms. The van der Waals surface area contributed by atoms with Crippen LogP contribution in [-0.2, 0) is 6.54 Å². The fourth-order valence-electron chi connectivity index (χ4n) is 2.02. The summed E-state index contributed by atoms with van der Waals surface area (Å²) >= 11 is 5.39. The molecule has 96 valence electrons. The van der Waals surface area contributed by atoms with Crippen LogP contribution < -0.4 is 5.32 Å². The summed E-state index contributed by atoms with van der Waals surface area (Å²) in [6.07, 6.45) is 0. The molecule has 3 heteroatoms. The zero-order valence-corrected chi connectivity index (χ0v) is 13.4. The molecule has 2 aromatic rings. The summed E-state index contributed by atoms with van der Waals surface area (Å²) in [4.78, 5) is 2.81. The van der Waals surface area contributed by atoms with Gasteiger partial charge in [0.15, 0.2) is 0 Å². The summed E-state index contributed by atoms with van der Waals surface area (Å²) in [5.41, 5.74) is 2.73. The predicted molar refractivity (Wildman–Crippen MR) is 83.2 cm³/mol. The van der Waals surface area contributed by atoms with Gasteiger partial charge in [-0.3, -0.25) is 0 Å². The quantitative estimate of drug-likeness (QED) is 0.836. The molecule has 0 radical (unpaired) electrons. The molecule has 1 aromatic carbocycles. The van der Waals surface area contributed by atoms with Crippen molar-refractivity contribution in [1.29, 1.82) is 0 Å². The normalized spacial score (nSPS) is 12.7. The predicted octanol–water partition coefficient (Wildman–Crippen LogP) is 4.98. The number of nitrogens with one attached hydrogen (secondary N) is 1. The first-order valence-corrected chi connectivity index (χ1v) is 7.72. The Balaban J connectivity index is 2.00. The second-order valence-electron chi connectivity index (χ2n) is 4.60. The van der Waals surface area contributed by atoms with Crippen molar-refractivity contribution < 1.29 is 0 Å². The molecule has 0 bridgehead atoms. The standard InChI is InChI=1S/C15H18BrNS/c1-10-7-14(12(3)18-10)9-17-11(2)13-5-4-6-15(16)8-13/h4-8,11,17H,9H2,1-3H3/t11-/m0/s1. The minimum atomic E-state index is 0.363. The molecule has 0 amide bonds. The molecule has 0 aliphatic heterocycles. The lowest BCUT2D eigenvalue weighted by Gasteiger charge is -2.14. The number of halogens is 1. The molecule has 0 unspecified atom stereocenters. The third-order valence-electron chi connectivity index (χ3n) is 3.09. The molecule has 1 N–H and O–H groups in total. The summed E-state index contributed by atoms with van der Waals surface area (Å²) in [5, 5.41) is 3.58. The van der Waals surface area contributed by atoms with E-state index < -0.39 is 0 Å². The van der Waals surface area contributed by atoms with E-state index in [1.165, 1.54) is 20.9 Å². The summed E-state index contributed by atoms with van der Waals surface area (Å²) in [6, 6.07) is 11.1. The molecule has 0 spiro atoms. The second-order valence-corrected chi connectivity index (χ2v) is 6.97. The molecule has 0 saturated carbocycles. The maximum atomic E-state index is 3.58. The van der Waals surface area contributed by atoms with Crippen molar-refractivity contribution in [1.82, 2.24) is 5.32 Å². The van der Waals surface area contributed by atoms with Gasteiger partial charge in [-0.1, -0.05) is 28.1 Å². The van der Waals surface area contributed by atoms with Crippen LogP contribution in [0.1, 0.15) is 33.8 Å². The van der Waals surface area contributed by atoms with Crippen LogP contribution in [0.4, 0.5) is 0 Å². The van der Waals surface area contributed by atoms with Gasteiger partial charge in [-0.25, -0.2) is 0 Å². The van der Waals surface area contributed by atoms with Crippen LogP contribution in [0.25, 0.3) is 0 Å². The van der Waals surface area contributed by atoms with Crippen molar-refractivity contribution in [3.8, 4) is 0 Å². The summed E-state index contributed by atoms with van der Waals surface area (Å²) in [6.45, 7) is 7.50. The van der Waals surface area contributed by atoms with Crippen molar-refractivity contribution in [2.45, 2.75) is 33.4 Å². The van der Waals surface area contributed by atoms with E-state index in [0.29, 0.717) is 6.04 Å². The van der Waals surface area contributed by atoms with E-state index in [9.17, 15) is 0 Å². The van der Waals surface area contributed by atoms with Crippen LogP contribution in [0.2, 0.25) is 0 Å². The molecule has 0 aliphatic rings. The molecule has 0 saturated heterocycles. The third-order valence-corrected chi connectivity index (χ3v) is 4.59. The highest BCUT2D eigenvalue weighted by molar-refractivity contribution is 9.10. The average Bonchev–Trinajstić information content (AvgIpc) is 2.65. The Labute approximate surface area is 121 Å². The maximum absolute atomic E-state index is 3.58. The Kier molecular flexibility index (Phi) is 4.60. The third kappa shape index (κ3) is 3.44. The van der Waals surface area contributed by atoms with Gasteiger partial charge in [0.05, 0.1) is 0 Å². The first-order valence-electron chi connectivity index (χ1n) is 6.11. The van der Waals surface area contributed by atoms with Gasteiger partial charge in [-0.15, -0.1) is 11.3 Å². The van der Waals surface area contributed by atoms with Crippen molar-refractivity contribution in [3.63, 3.8) is 0 Å². The Morgan fingerprint density at radius 2 is 2.06 bits per heavy atom. The maximum Gasteiger partial charge on any atom is 0.0295 e. The lowest BCUT2D eigenvalue weighted by atomic mass is 10.1. The number of aryl methyl sites for hydroxylation is 2. The fourth-order valence-corrected chi connectivity index (χ4v) is 3.38. The Hall–Kier alpha value is -0.640. The van der Waals surface area contributed by atoms with Crippen LogP contribution in [0.5, 0.6) is 0 Å². The topological polar surface area (TPSA) is 12.0 Å². The lowest BCUT2D eigenvalue weighted by Crippen LogP contribution is -2.18. The summed E-state index contributed by atoms with van der Waals surface area (Å²) in [7, 11) is 0. The highest BCUT2D eigenvalue weighted by Gasteiger charge is 2.07. The van der Waals surface area contributed by atoms with E-state index >= 15 is 0 Å². The molecule has 2 rings (SSSR count). The fraction of sp³-hybridized carbons (Fsp3) is 0.333. The van der Waals surface area contributed by atoms with E-state index in [2.05, 4.69) is 72.3 Å². The van der Waals surface area contributed by atoms with Crippen molar-refractivity contribution in [3.05, 3.63) is 55.7 Å². The van der Waals surface area contributed by atoms with Crippen LogP contribution in [0.3, 0.4) is 0 Å². The van der Waals surface area contributed by atoms with E-state index in [-0.39, 0.29) is 0 Å². The van der Waals surface area contributed by atoms with Gasteiger partial charge >= 0.3 is 0 Å². The highest BCUT2D eigenvalue weighted by Crippen LogP contribution is 2.22. The number of thiophene rings is 1. The van der Waals surface area contributed by atoms with Crippen molar-refractivity contribution >= 4 is 27.3 Å². The molecule has 0 aliphatic carbocycles. The monoisotopic (exact) mass is 323 g/mol. The molecule has 1 atom stereocenters. The van der Waals surface area contributed by atoms with Crippen molar-refractivity contribution in [2.75, 3.05) is 0 Å². The first kappa shape index (κ1) is 13.8. The number of hydrogen-bond acceptors (Lipinski definition) is 2. The highest BCUT2D eigenvalue weighted by atomic mass is 79.9. The van der Waals surface area contributed by atoms with E-state index in [4.69, 9.17) is 0 Å². The van der Waals surface area contributed by atoms with Gasteiger partial charge in [-0.2, -0.15) is 0 Å². The molecular formula is C15H18BrNS. The Bertz CT molecular complexity index is 533. The molecule has 1 heterocycles. The minimum absolute atomic E-state index is 0.363. The number of benzene rings is 1. The second kappa shape index (κ2) is 6.00. The van der Waals surface area contributed by atoms with Gasteiger partial charge in [-0.05, 0) is 50.1 Å². The van der Waals surface area contributed by atoms with Gasteiger partial charge < -0.3 is 5.32 Å². The van der Waals surface area contributed by atoms with Gasteiger partial charge in [0.2, 0.25) is 0 Å². The summed E-state index contributed by atoms with van der Waals surface area (Å²) in [5.74, 6) is 0. The van der Waals surface area contributed by atoms with Crippen LogP contribution in [-0.4, -0.2) is 0 Å². The lowest BCUT2D eigenvalue weighted by molar-refractivity contribution is 0.574. The SMILES string of the molecule is Cc1cc(CN[C@@H](C)c2cccc(Br)c2)c(C)s1. The number of hydrogen-bond donors (Lipinski definition) is 1. The molecule has 1 nitrogen and oxygen atoms in total. The smallest absolute Gasteiger partial charge is 0.0295 e. The van der Waals surface area contributed by atoms with Crippen LogP contribution in [0.15, 0.2) is 34.8 Å². The molecule has 1 aromatic heterocycles. The zero-order chi connectivity index (χ0) is 13.1. The van der Waals surface area contributed by atoms with E-state index in [1.54, 1.807) is 0 Å². The largest absolute Gasteiger partial charge is 0.306 e.